The molecule has 1 fully saturated rings. The molecule has 26 heavy (non-hydrogen) atoms. The third kappa shape index (κ3) is 4.56. The Labute approximate surface area is 164 Å². The SMILES string of the molecule is CN(C)C[C@H]1CC[C@H](Nc2c(S(C)(=O)=O)cnc3ccc(Br)cc23)CC1. The van der Waals surface area contributed by atoms with Crippen LogP contribution in [0.5, 0.6) is 0 Å². The average molecular weight is 440 g/mol. The van der Waals surface area contributed by atoms with E-state index in [0.29, 0.717) is 11.7 Å². The molecule has 5 nitrogen and oxygen atoms in total. The minimum absolute atomic E-state index is 0.276. The zero-order chi connectivity index (χ0) is 18.9. The fourth-order valence-electron chi connectivity index (χ4n) is 3.79. The van der Waals surface area contributed by atoms with Crippen LogP contribution in [-0.2, 0) is 9.84 Å². The first-order valence-electron chi connectivity index (χ1n) is 8.93. The number of hydrogen-bond acceptors (Lipinski definition) is 5. The fourth-order valence-corrected chi connectivity index (χ4v) is 4.93. The van der Waals surface area contributed by atoms with Gasteiger partial charge in [-0.1, -0.05) is 15.9 Å². The summed E-state index contributed by atoms with van der Waals surface area (Å²) in [5, 5.41) is 4.39. The summed E-state index contributed by atoms with van der Waals surface area (Å²) in [6, 6.07) is 6.06. The van der Waals surface area contributed by atoms with Crippen molar-refractivity contribution in [3.05, 3.63) is 28.9 Å². The molecule has 1 N–H and O–H groups in total. The van der Waals surface area contributed by atoms with Crippen LogP contribution >= 0.6 is 15.9 Å². The second-order valence-corrected chi connectivity index (χ2v) is 10.5. The van der Waals surface area contributed by atoms with Gasteiger partial charge >= 0.3 is 0 Å². The molecule has 1 aliphatic carbocycles. The summed E-state index contributed by atoms with van der Waals surface area (Å²) in [5.41, 5.74) is 1.49. The molecule has 0 aliphatic heterocycles. The Kier molecular flexibility index (Phi) is 5.89. The van der Waals surface area contributed by atoms with Crippen molar-refractivity contribution in [2.45, 2.75) is 36.6 Å². The summed E-state index contributed by atoms with van der Waals surface area (Å²) in [6.45, 7) is 1.12. The van der Waals surface area contributed by atoms with Gasteiger partial charge in [-0.05, 0) is 63.9 Å². The van der Waals surface area contributed by atoms with Crippen LogP contribution in [0, 0.1) is 5.92 Å². The highest BCUT2D eigenvalue weighted by atomic mass is 79.9. The van der Waals surface area contributed by atoms with E-state index >= 15 is 0 Å². The highest BCUT2D eigenvalue weighted by Gasteiger charge is 2.24. The van der Waals surface area contributed by atoms with Crippen LogP contribution in [0.25, 0.3) is 10.9 Å². The number of nitrogens with zero attached hydrogens (tertiary/aromatic N) is 2. The Balaban J connectivity index is 1.90. The summed E-state index contributed by atoms with van der Waals surface area (Å²) in [4.78, 5) is 6.86. The van der Waals surface area contributed by atoms with E-state index in [1.807, 2.05) is 18.2 Å². The Hall–Kier alpha value is -1.18. The molecule has 3 rings (SSSR count). The van der Waals surface area contributed by atoms with E-state index in [2.05, 4.69) is 45.2 Å². The maximum Gasteiger partial charge on any atom is 0.179 e. The van der Waals surface area contributed by atoms with E-state index in [4.69, 9.17) is 0 Å². The third-order valence-corrected chi connectivity index (χ3v) is 6.61. The highest BCUT2D eigenvalue weighted by molar-refractivity contribution is 9.10. The highest BCUT2D eigenvalue weighted by Crippen LogP contribution is 2.34. The van der Waals surface area contributed by atoms with E-state index in [-0.39, 0.29) is 4.90 Å². The molecule has 0 radical (unpaired) electrons. The van der Waals surface area contributed by atoms with Crippen molar-refractivity contribution in [1.82, 2.24) is 9.88 Å². The summed E-state index contributed by atoms with van der Waals surface area (Å²) < 4.78 is 25.5. The number of pyridine rings is 1. The quantitative estimate of drug-likeness (QED) is 0.764. The first kappa shape index (κ1) is 19.6. The molecule has 1 aromatic heterocycles. The molecule has 142 valence electrons. The standard InChI is InChI=1S/C19H26BrN3O2S/c1-23(2)12-13-4-7-15(8-5-13)22-19-16-10-14(20)6-9-17(16)21-11-18(19)26(3,24)25/h6,9-11,13,15H,4-5,7-8,12H2,1-3H3,(H,21,22)/t13-,15-. The molecule has 0 unspecified atom stereocenters. The molecule has 7 heteroatoms. The van der Waals surface area contributed by atoms with Crippen LogP contribution in [0.15, 0.2) is 33.8 Å². The van der Waals surface area contributed by atoms with Gasteiger partial charge in [0.1, 0.15) is 4.90 Å². The minimum Gasteiger partial charge on any atom is -0.381 e. The van der Waals surface area contributed by atoms with E-state index in [0.717, 1.165) is 53.5 Å². The predicted molar refractivity (Wildman–Crippen MR) is 110 cm³/mol. The maximum atomic E-state index is 12.3. The largest absolute Gasteiger partial charge is 0.381 e. The Morgan fingerprint density at radius 2 is 1.92 bits per heavy atom. The molecule has 1 saturated carbocycles. The summed E-state index contributed by atoms with van der Waals surface area (Å²) in [7, 11) is 0.867. The van der Waals surface area contributed by atoms with Gasteiger partial charge in [-0.15, -0.1) is 0 Å². The lowest BCUT2D eigenvalue weighted by Gasteiger charge is -2.32. The van der Waals surface area contributed by atoms with Gasteiger partial charge in [-0.2, -0.15) is 0 Å². The monoisotopic (exact) mass is 439 g/mol. The zero-order valence-corrected chi connectivity index (χ0v) is 17.9. The van der Waals surface area contributed by atoms with E-state index < -0.39 is 9.84 Å². The van der Waals surface area contributed by atoms with Gasteiger partial charge in [0.05, 0.1) is 11.2 Å². The average Bonchev–Trinajstić information content (AvgIpc) is 2.55. The van der Waals surface area contributed by atoms with E-state index in [9.17, 15) is 8.42 Å². The van der Waals surface area contributed by atoms with Gasteiger partial charge in [-0.3, -0.25) is 4.98 Å². The fraction of sp³-hybridized carbons (Fsp3) is 0.526. The van der Waals surface area contributed by atoms with Gasteiger partial charge in [0, 0.05) is 34.9 Å². The Morgan fingerprint density at radius 3 is 2.54 bits per heavy atom. The molecular formula is C19H26BrN3O2S. The van der Waals surface area contributed by atoms with Crippen molar-refractivity contribution in [2.24, 2.45) is 5.92 Å². The first-order valence-corrected chi connectivity index (χ1v) is 11.6. The lowest BCUT2D eigenvalue weighted by molar-refractivity contribution is 0.255. The molecule has 2 aromatic rings. The van der Waals surface area contributed by atoms with Gasteiger partial charge in [0.25, 0.3) is 0 Å². The molecule has 0 saturated heterocycles. The minimum atomic E-state index is -3.36. The van der Waals surface area contributed by atoms with Crippen LogP contribution in [0.2, 0.25) is 0 Å². The Morgan fingerprint density at radius 1 is 1.23 bits per heavy atom. The van der Waals surface area contributed by atoms with Gasteiger partial charge in [0.15, 0.2) is 9.84 Å². The van der Waals surface area contributed by atoms with Crippen LogP contribution in [0.4, 0.5) is 5.69 Å². The van der Waals surface area contributed by atoms with E-state index in [1.165, 1.54) is 12.5 Å². The van der Waals surface area contributed by atoms with Crippen LogP contribution in [-0.4, -0.2) is 51.2 Å². The van der Waals surface area contributed by atoms with Gasteiger partial charge in [-0.25, -0.2) is 8.42 Å². The molecule has 1 aromatic carbocycles. The normalized spacial score (nSPS) is 21.3. The number of sulfone groups is 1. The molecule has 0 atom stereocenters. The lowest BCUT2D eigenvalue weighted by atomic mass is 9.85. The molecule has 1 heterocycles. The number of nitrogens with one attached hydrogen (secondary N) is 1. The summed E-state index contributed by atoms with van der Waals surface area (Å²) >= 11 is 3.49. The maximum absolute atomic E-state index is 12.3. The number of anilines is 1. The number of aromatic nitrogens is 1. The molecule has 1 aliphatic rings. The molecular weight excluding hydrogens is 414 g/mol. The second kappa shape index (κ2) is 7.82. The number of benzene rings is 1. The van der Waals surface area contributed by atoms with Gasteiger partial charge < -0.3 is 10.2 Å². The number of hydrogen-bond donors (Lipinski definition) is 1. The molecule has 0 amide bonds. The van der Waals surface area contributed by atoms with Crippen molar-refractivity contribution < 1.29 is 8.42 Å². The number of halogens is 1. The van der Waals surface area contributed by atoms with E-state index in [1.54, 1.807) is 0 Å². The number of fused-ring (bicyclic) bond motifs is 1. The summed E-state index contributed by atoms with van der Waals surface area (Å²) in [6.07, 6.45) is 7.16. The second-order valence-electron chi connectivity index (χ2n) is 7.56. The smallest absolute Gasteiger partial charge is 0.179 e. The predicted octanol–water partition coefficient (Wildman–Crippen LogP) is 3.93. The molecule has 0 spiro atoms. The van der Waals surface area contributed by atoms with Crippen LogP contribution in [0.3, 0.4) is 0 Å². The molecule has 0 bridgehead atoms. The third-order valence-electron chi connectivity index (χ3n) is 5.01. The van der Waals surface area contributed by atoms with Crippen molar-refractivity contribution in [3.63, 3.8) is 0 Å². The summed E-state index contributed by atoms with van der Waals surface area (Å²) in [5.74, 6) is 0.723. The van der Waals surface area contributed by atoms with Crippen molar-refractivity contribution in [3.8, 4) is 0 Å². The van der Waals surface area contributed by atoms with Crippen molar-refractivity contribution >= 4 is 42.4 Å². The number of rotatable bonds is 5. The topological polar surface area (TPSA) is 62.3 Å². The van der Waals surface area contributed by atoms with Crippen LogP contribution in [0.1, 0.15) is 25.7 Å². The van der Waals surface area contributed by atoms with Crippen molar-refractivity contribution in [1.29, 1.82) is 0 Å². The zero-order valence-electron chi connectivity index (χ0n) is 15.5. The van der Waals surface area contributed by atoms with Crippen molar-refractivity contribution in [2.75, 3.05) is 32.2 Å². The first-order chi connectivity index (χ1) is 12.2. The Bertz CT molecular complexity index is 891. The lowest BCUT2D eigenvalue weighted by Crippen LogP contribution is -2.31. The van der Waals surface area contributed by atoms with Gasteiger partial charge in [0.2, 0.25) is 0 Å². The van der Waals surface area contributed by atoms with Crippen LogP contribution < -0.4 is 5.32 Å².